The number of halogens is 2. The lowest BCUT2D eigenvalue weighted by atomic mass is 10.2. The Morgan fingerprint density at radius 1 is 1.73 bits per heavy atom. The van der Waals surface area contributed by atoms with E-state index in [2.05, 4.69) is 32.6 Å². The van der Waals surface area contributed by atoms with E-state index in [1.165, 1.54) is 0 Å². The van der Waals surface area contributed by atoms with Crippen LogP contribution in [0, 0.1) is 3.57 Å². The van der Waals surface area contributed by atoms with Crippen LogP contribution in [0.15, 0.2) is 12.5 Å². The van der Waals surface area contributed by atoms with Gasteiger partial charge >= 0.3 is 0 Å². The van der Waals surface area contributed by atoms with Crippen molar-refractivity contribution in [2.75, 3.05) is 0 Å². The van der Waals surface area contributed by atoms with Crippen LogP contribution in [0.3, 0.4) is 0 Å². The average Bonchev–Trinajstić information content (AvgIpc) is 1.93. The molecule has 1 aromatic heterocycles. The first kappa shape index (κ1) is 9.19. The first-order chi connectivity index (χ1) is 5.20. The lowest BCUT2D eigenvalue weighted by molar-refractivity contribution is 0.871. The SMILES string of the molecule is CC(Cl)Cc1ncncc1I. The minimum atomic E-state index is 0.137. The molecule has 0 spiro atoms. The van der Waals surface area contributed by atoms with Crippen molar-refractivity contribution in [2.45, 2.75) is 18.7 Å². The van der Waals surface area contributed by atoms with Gasteiger partial charge in [-0.15, -0.1) is 11.6 Å². The molecule has 1 rings (SSSR count). The van der Waals surface area contributed by atoms with Crippen LogP contribution < -0.4 is 0 Å². The normalized spacial score (nSPS) is 13.0. The first-order valence-electron chi connectivity index (χ1n) is 3.28. The van der Waals surface area contributed by atoms with Gasteiger partial charge in [0.25, 0.3) is 0 Å². The van der Waals surface area contributed by atoms with Crippen LogP contribution in [0.4, 0.5) is 0 Å². The molecule has 0 N–H and O–H groups in total. The van der Waals surface area contributed by atoms with Crippen molar-refractivity contribution in [1.82, 2.24) is 9.97 Å². The Hall–Kier alpha value is 0.100. The average molecular weight is 283 g/mol. The summed E-state index contributed by atoms with van der Waals surface area (Å²) in [5.41, 5.74) is 1.03. The molecule has 0 aromatic carbocycles. The van der Waals surface area contributed by atoms with E-state index in [0.717, 1.165) is 15.7 Å². The summed E-state index contributed by atoms with van der Waals surface area (Å²) in [6, 6.07) is 0. The predicted octanol–water partition coefficient (Wildman–Crippen LogP) is 2.25. The van der Waals surface area contributed by atoms with Gasteiger partial charge in [0.05, 0.1) is 9.26 Å². The quantitative estimate of drug-likeness (QED) is 0.614. The Kier molecular flexibility index (Phi) is 3.51. The van der Waals surface area contributed by atoms with Gasteiger partial charge in [0.15, 0.2) is 0 Å². The molecule has 60 valence electrons. The van der Waals surface area contributed by atoms with Gasteiger partial charge in [-0.1, -0.05) is 0 Å². The lowest BCUT2D eigenvalue weighted by Gasteiger charge is -2.02. The van der Waals surface area contributed by atoms with Gasteiger partial charge in [0.2, 0.25) is 0 Å². The molecule has 4 heteroatoms. The molecule has 0 radical (unpaired) electrons. The zero-order valence-corrected chi connectivity index (χ0v) is 9.00. The number of hydrogen-bond donors (Lipinski definition) is 0. The molecule has 1 unspecified atom stereocenters. The monoisotopic (exact) mass is 282 g/mol. The lowest BCUT2D eigenvalue weighted by Crippen LogP contribution is -2.02. The zero-order valence-electron chi connectivity index (χ0n) is 6.09. The van der Waals surface area contributed by atoms with Crippen molar-refractivity contribution in [3.8, 4) is 0 Å². The van der Waals surface area contributed by atoms with E-state index in [1.54, 1.807) is 12.5 Å². The van der Waals surface area contributed by atoms with Crippen molar-refractivity contribution in [3.63, 3.8) is 0 Å². The number of alkyl halides is 1. The van der Waals surface area contributed by atoms with Crippen molar-refractivity contribution >= 4 is 34.2 Å². The molecule has 2 nitrogen and oxygen atoms in total. The minimum absolute atomic E-state index is 0.137. The van der Waals surface area contributed by atoms with E-state index in [1.807, 2.05) is 6.92 Å². The second-order valence-corrected chi connectivity index (χ2v) is 4.21. The third kappa shape index (κ3) is 2.91. The smallest absolute Gasteiger partial charge is 0.115 e. The maximum Gasteiger partial charge on any atom is 0.115 e. The third-order valence-electron chi connectivity index (χ3n) is 1.22. The summed E-state index contributed by atoms with van der Waals surface area (Å²) in [5, 5.41) is 0.137. The van der Waals surface area contributed by atoms with Crippen LogP contribution in [-0.2, 0) is 6.42 Å². The molecule has 1 atom stereocenters. The number of hydrogen-bond acceptors (Lipinski definition) is 2. The van der Waals surface area contributed by atoms with E-state index in [9.17, 15) is 0 Å². The molecular formula is C7H8ClIN2. The van der Waals surface area contributed by atoms with Crippen LogP contribution in [0.5, 0.6) is 0 Å². The Morgan fingerprint density at radius 2 is 2.45 bits per heavy atom. The van der Waals surface area contributed by atoms with Crippen molar-refractivity contribution in [2.24, 2.45) is 0 Å². The second kappa shape index (κ2) is 4.21. The molecule has 0 bridgehead atoms. The van der Waals surface area contributed by atoms with Crippen LogP contribution in [0.2, 0.25) is 0 Å². The molecule has 0 saturated heterocycles. The summed E-state index contributed by atoms with van der Waals surface area (Å²) in [4.78, 5) is 8.01. The summed E-state index contributed by atoms with van der Waals surface area (Å²) in [5.74, 6) is 0. The molecule has 11 heavy (non-hydrogen) atoms. The molecule has 1 aromatic rings. The topological polar surface area (TPSA) is 25.8 Å². The van der Waals surface area contributed by atoms with Crippen LogP contribution in [-0.4, -0.2) is 15.3 Å². The summed E-state index contributed by atoms with van der Waals surface area (Å²) in [7, 11) is 0. The highest BCUT2D eigenvalue weighted by Gasteiger charge is 2.03. The van der Waals surface area contributed by atoms with Crippen molar-refractivity contribution in [1.29, 1.82) is 0 Å². The minimum Gasteiger partial charge on any atom is -0.244 e. The fourth-order valence-electron chi connectivity index (χ4n) is 0.755. The Morgan fingerprint density at radius 3 is 3.00 bits per heavy atom. The highest BCUT2D eigenvalue weighted by molar-refractivity contribution is 14.1. The van der Waals surface area contributed by atoms with Gasteiger partial charge in [-0.2, -0.15) is 0 Å². The highest BCUT2D eigenvalue weighted by Crippen LogP contribution is 2.11. The van der Waals surface area contributed by atoms with Crippen LogP contribution in [0.25, 0.3) is 0 Å². The summed E-state index contributed by atoms with van der Waals surface area (Å²) < 4.78 is 1.08. The third-order valence-corrected chi connectivity index (χ3v) is 2.27. The molecule has 0 fully saturated rings. The zero-order chi connectivity index (χ0) is 8.27. The fourth-order valence-corrected chi connectivity index (χ4v) is 1.42. The van der Waals surface area contributed by atoms with Gasteiger partial charge in [-0.3, -0.25) is 0 Å². The van der Waals surface area contributed by atoms with E-state index in [0.29, 0.717) is 0 Å². The van der Waals surface area contributed by atoms with E-state index < -0.39 is 0 Å². The fraction of sp³-hybridized carbons (Fsp3) is 0.429. The van der Waals surface area contributed by atoms with E-state index in [4.69, 9.17) is 11.6 Å². The van der Waals surface area contributed by atoms with Crippen LogP contribution >= 0.6 is 34.2 Å². The standard InChI is InChI=1S/C7H8ClIN2/c1-5(8)2-7-6(9)3-10-4-11-7/h3-5H,2H2,1H3. The summed E-state index contributed by atoms with van der Waals surface area (Å²) in [6.45, 7) is 1.96. The van der Waals surface area contributed by atoms with Gasteiger partial charge in [0.1, 0.15) is 6.33 Å². The highest BCUT2D eigenvalue weighted by atomic mass is 127. The van der Waals surface area contributed by atoms with Crippen molar-refractivity contribution < 1.29 is 0 Å². The van der Waals surface area contributed by atoms with Gasteiger partial charge in [0, 0.05) is 18.0 Å². The number of nitrogens with zero attached hydrogens (tertiary/aromatic N) is 2. The summed E-state index contributed by atoms with van der Waals surface area (Å²) in [6.07, 6.45) is 4.15. The molecule has 0 aliphatic heterocycles. The number of aromatic nitrogens is 2. The molecule has 0 aliphatic rings. The largest absolute Gasteiger partial charge is 0.244 e. The van der Waals surface area contributed by atoms with E-state index in [-0.39, 0.29) is 5.38 Å². The predicted molar refractivity (Wildman–Crippen MR) is 53.8 cm³/mol. The maximum atomic E-state index is 5.82. The summed E-state index contributed by atoms with van der Waals surface area (Å²) >= 11 is 8.03. The molecule has 0 saturated carbocycles. The van der Waals surface area contributed by atoms with Gasteiger partial charge < -0.3 is 0 Å². The van der Waals surface area contributed by atoms with Crippen molar-refractivity contribution in [3.05, 3.63) is 21.8 Å². The molecular weight excluding hydrogens is 274 g/mol. The Bertz CT molecular complexity index is 240. The maximum absolute atomic E-state index is 5.82. The van der Waals surface area contributed by atoms with Gasteiger partial charge in [-0.05, 0) is 29.5 Å². The van der Waals surface area contributed by atoms with E-state index >= 15 is 0 Å². The first-order valence-corrected chi connectivity index (χ1v) is 4.80. The molecule has 0 amide bonds. The second-order valence-electron chi connectivity index (χ2n) is 2.30. The number of rotatable bonds is 2. The molecule has 0 aliphatic carbocycles. The molecule has 1 heterocycles. The Labute approximate surface area is 84.5 Å². The van der Waals surface area contributed by atoms with Crippen LogP contribution in [0.1, 0.15) is 12.6 Å². The Balaban J connectivity index is 2.78. The van der Waals surface area contributed by atoms with Gasteiger partial charge in [-0.25, -0.2) is 9.97 Å².